The number of nitrogens with one attached hydrogen (secondary N) is 1. The van der Waals surface area contributed by atoms with Gasteiger partial charge in [-0.25, -0.2) is 4.79 Å². The number of carbonyl (C=O) groups excluding carboxylic acids is 1. The third-order valence-electron chi connectivity index (χ3n) is 4.19. The van der Waals surface area contributed by atoms with Crippen LogP contribution in [0.15, 0.2) is 27.7 Å². The number of aryl methyl sites for hydroxylation is 1. The standard InChI is InChI=1S/C18H23BrN2O2S/c1-18(2,3)23-17(22)21-16-20-15-12(10-24-16)6-4-5-11-7-8-13(19)9-14(11)15/h7-9,12,15H,4-6,10H2,1-3H3,(H,20,21,22). The molecule has 1 aliphatic heterocycles. The third-order valence-corrected chi connectivity index (χ3v) is 5.76. The minimum atomic E-state index is -0.508. The minimum absolute atomic E-state index is 0.117. The molecule has 0 radical (unpaired) electrons. The molecule has 1 N–H and O–H groups in total. The van der Waals surface area contributed by atoms with Crippen molar-refractivity contribution in [3.8, 4) is 0 Å². The van der Waals surface area contributed by atoms with Gasteiger partial charge in [-0.2, -0.15) is 0 Å². The predicted octanol–water partition coefficient (Wildman–Crippen LogP) is 5.07. The van der Waals surface area contributed by atoms with E-state index in [1.54, 1.807) is 11.8 Å². The Morgan fingerprint density at radius 3 is 2.96 bits per heavy atom. The molecule has 0 saturated heterocycles. The molecule has 2 unspecified atom stereocenters. The summed E-state index contributed by atoms with van der Waals surface area (Å²) in [6.07, 6.45) is 3.04. The number of halogens is 1. The second kappa shape index (κ2) is 7.08. The van der Waals surface area contributed by atoms with Crippen molar-refractivity contribution in [1.82, 2.24) is 5.32 Å². The lowest BCUT2D eigenvalue weighted by Crippen LogP contribution is -2.37. The van der Waals surface area contributed by atoms with Crippen LogP contribution in [0.4, 0.5) is 4.79 Å². The van der Waals surface area contributed by atoms with Crippen molar-refractivity contribution in [2.45, 2.75) is 51.7 Å². The smallest absolute Gasteiger partial charge is 0.413 e. The highest BCUT2D eigenvalue weighted by Gasteiger charge is 2.32. The zero-order valence-corrected chi connectivity index (χ0v) is 16.7. The first-order valence-electron chi connectivity index (χ1n) is 8.31. The van der Waals surface area contributed by atoms with Crippen LogP contribution >= 0.6 is 27.7 Å². The summed E-state index contributed by atoms with van der Waals surface area (Å²) in [5.41, 5.74) is 2.15. The van der Waals surface area contributed by atoms with Gasteiger partial charge < -0.3 is 4.74 Å². The highest BCUT2D eigenvalue weighted by molar-refractivity contribution is 9.10. The second-order valence-corrected chi connectivity index (χ2v) is 9.24. The molecule has 1 aliphatic carbocycles. The van der Waals surface area contributed by atoms with E-state index in [-0.39, 0.29) is 6.04 Å². The summed E-state index contributed by atoms with van der Waals surface area (Å²) in [5.74, 6) is 1.50. The van der Waals surface area contributed by atoms with Crippen molar-refractivity contribution in [3.63, 3.8) is 0 Å². The predicted molar refractivity (Wildman–Crippen MR) is 103 cm³/mol. The van der Waals surface area contributed by atoms with Crippen molar-refractivity contribution in [3.05, 3.63) is 33.8 Å². The average molecular weight is 411 g/mol. The van der Waals surface area contributed by atoms with Crippen LogP contribution in [0, 0.1) is 5.92 Å². The number of aliphatic imine (C=N–C) groups is 1. The molecule has 6 heteroatoms. The van der Waals surface area contributed by atoms with E-state index in [1.807, 2.05) is 20.8 Å². The van der Waals surface area contributed by atoms with Gasteiger partial charge in [-0.1, -0.05) is 33.8 Å². The third kappa shape index (κ3) is 4.33. The Morgan fingerprint density at radius 1 is 1.42 bits per heavy atom. The zero-order chi connectivity index (χ0) is 17.3. The van der Waals surface area contributed by atoms with Crippen LogP contribution in [-0.4, -0.2) is 22.6 Å². The quantitative estimate of drug-likeness (QED) is 0.649. The highest BCUT2D eigenvalue weighted by Crippen LogP contribution is 2.41. The number of benzene rings is 1. The molecule has 24 heavy (non-hydrogen) atoms. The number of carbonyl (C=O) groups is 1. The zero-order valence-electron chi connectivity index (χ0n) is 14.3. The van der Waals surface area contributed by atoms with Crippen molar-refractivity contribution in [2.75, 3.05) is 5.75 Å². The number of hydrogen-bond acceptors (Lipinski definition) is 4. The topological polar surface area (TPSA) is 50.7 Å². The molecule has 1 amide bonds. The van der Waals surface area contributed by atoms with Gasteiger partial charge in [-0.3, -0.25) is 10.3 Å². The van der Waals surface area contributed by atoms with Crippen LogP contribution in [0.25, 0.3) is 0 Å². The van der Waals surface area contributed by atoms with Gasteiger partial charge in [-0.05, 0) is 69.2 Å². The van der Waals surface area contributed by atoms with Gasteiger partial charge in [0.25, 0.3) is 0 Å². The summed E-state index contributed by atoms with van der Waals surface area (Å²) in [7, 11) is 0. The first-order chi connectivity index (χ1) is 11.3. The molecule has 4 nitrogen and oxygen atoms in total. The Bertz CT molecular complexity index is 669. The maximum atomic E-state index is 12.0. The van der Waals surface area contributed by atoms with E-state index in [9.17, 15) is 4.79 Å². The van der Waals surface area contributed by atoms with E-state index in [0.29, 0.717) is 11.1 Å². The molecular weight excluding hydrogens is 388 g/mol. The molecule has 0 bridgehead atoms. The lowest BCUT2D eigenvalue weighted by atomic mass is 9.92. The molecule has 130 valence electrons. The average Bonchev–Trinajstić information content (AvgIpc) is 2.64. The van der Waals surface area contributed by atoms with Gasteiger partial charge in [0.05, 0.1) is 6.04 Å². The molecule has 2 atom stereocenters. The van der Waals surface area contributed by atoms with E-state index in [4.69, 9.17) is 9.73 Å². The normalized spacial score (nSPS) is 23.4. The first kappa shape index (κ1) is 17.8. The number of amides is 1. The van der Waals surface area contributed by atoms with Crippen LogP contribution in [0.2, 0.25) is 0 Å². The van der Waals surface area contributed by atoms with Gasteiger partial charge >= 0.3 is 6.09 Å². The second-order valence-electron chi connectivity index (χ2n) is 7.31. The number of amidine groups is 1. The lowest BCUT2D eigenvalue weighted by Gasteiger charge is -2.29. The molecular formula is C18H23BrN2O2S. The Hall–Kier alpha value is -1.01. The fraction of sp³-hybridized carbons (Fsp3) is 0.556. The Balaban J connectivity index is 1.83. The van der Waals surface area contributed by atoms with Crippen LogP contribution in [0.5, 0.6) is 0 Å². The van der Waals surface area contributed by atoms with Crippen molar-refractivity contribution < 1.29 is 9.53 Å². The molecule has 1 aromatic rings. The van der Waals surface area contributed by atoms with Crippen LogP contribution in [0.1, 0.15) is 50.8 Å². The Kier molecular flexibility index (Phi) is 5.25. The molecule has 3 rings (SSSR count). The number of hydrogen-bond donors (Lipinski definition) is 1. The van der Waals surface area contributed by atoms with E-state index in [0.717, 1.165) is 16.6 Å². The van der Waals surface area contributed by atoms with Crippen LogP contribution in [0.3, 0.4) is 0 Å². The number of alkyl carbamates (subject to hydrolysis) is 1. The monoisotopic (exact) mass is 410 g/mol. The van der Waals surface area contributed by atoms with Gasteiger partial charge in [0.1, 0.15) is 5.60 Å². The van der Waals surface area contributed by atoms with E-state index in [1.165, 1.54) is 24.0 Å². The molecule has 0 saturated carbocycles. The molecule has 0 fully saturated rings. The number of nitrogens with zero attached hydrogens (tertiary/aromatic N) is 1. The van der Waals surface area contributed by atoms with Crippen molar-refractivity contribution in [1.29, 1.82) is 0 Å². The summed E-state index contributed by atoms with van der Waals surface area (Å²) in [5, 5.41) is 3.48. The first-order valence-corrected chi connectivity index (χ1v) is 10.1. The lowest BCUT2D eigenvalue weighted by molar-refractivity contribution is 0.0564. The number of thioether (sulfide) groups is 1. The van der Waals surface area contributed by atoms with Crippen molar-refractivity contribution in [2.24, 2.45) is 10.9 Å². The summed E-state index contributed by atoms with van der Waals surface area (Å²) in [4.78, 5) is 16.9. The molecule has 0 aromatic heterocycles. The summed E-state index contributed by atoms with van der Waals surface area (Å²) >= 11 is 5.20. The van der Waals surface area contributed by atoms with Crippen molar-refractivity contribution >= 4 is 39.0 Å². The largest absolute Gasteiger partial charge is 0.444 e. The van der Waals surface area contributed by atoms with Gasteiger partial charge in [0, 0.05) is 10.2 Å². The fourth-order valence-electron chi connectivity index (χ4n) is 3.19. The molecule has 2 aliphatic rings. The van der Waals surface area contributed by atoms with Gasteiger partial charge in [0.15, 0.2) is 5.17 Å². The highest BCUT2D eigenvalue weighted by atomic mass is 79.9. The number of ether oxygens (including phenoxy) is 1. The number of rotatable bonds is 0. The van der Waals surface area contributed by atoms with E-state index >= 15 is 0 Å². The SMILES string of the molecule is CC(C)(C)OC(=O)NC1=NC2c3cc(Br)ccc3CCCC2CS1. The van der Waals surface area contributed by atoms with E-state index in [2.05, 4.69) is 39.4 Å². The maximum absolute atomic E-state index is 12.0. The van der Waals surface area contributed by atoms with Crippen LogP contribution in [-0.2, 0) is 11.2 Å². The van der Waals surface area contributed by atoms with E-state index < -0.39 is 11.7 Å². The summed E-state index contributed by atoms with van der Waals surface area (Å²) in [6.45, 7) is 5.58. The fourth-order valence-corrected chi connectivity index (χ4v) is 4.64. The Labute approximate surface area is 156 Å². The molecule has 1 heterocycles. The maximum Gasteiger partial charge on any atom is 0.413 e. The number of fused-ring (bicyclic) bond motifs is 3. The molecule has 1 aromatic carbocycles. The summed E-state index contributed by atoms with van der Waals surface area (Å²) < 4.78 is 6.42. The van der Waals surface area contributed by atoms with Gasteiger partial charge in [-0.15, -0.1) is 0 Å². The minimum Gasteiger partial charge on any atom is -0.444 e. The van der Waals surface area contributed by atoms with Crippen LogP contribution < -0.4 is 5.32 Å². The molecule has 0 spiro atoms. The summed E-state index contributed by atoms with van der Waals surface area (Å²) in [6, 6.07) is 6.59. The Morgan fingerprint density at radius 2 is 2.21 bits per heavy atom. The van der Waals surface area contributed by atoms with Gasteiger partial charge in [0.2, 0.25) is 0 Å².